The maximum absolute atomic E-state index is 4.84. The molecule has 132 valence electrons. The van der Waals surface area contributed by atoms with Crippen LogP contribution in [0.2, 0.25) is 0 Å². The fourth-order valence-electron chi connectivity index (χ4n) is 1.73. The van der Waals surface area contributed by atoms with E-state index in [-0.39, 0.29) is 27.3 Å². The van der Waals surface area contributed by atoms with E-state index in [0.717, 1.165) is 13.1 Å². The number of thiocarbonyl (C=S) groups is 2. The monoisotopic (exact) mass is 494 g/mol. The molecule has 0 unspecified atom stereocenters. The van der Waals surface area contributed by atoms with E-state index >= 15 is 0 Å². The molecule has 0 aliphatic carbocycles. The van der Waals surface area contributed by atoms with Gasteiger partial charge in [-0.15, -0.1) is 0 Å². The van der Waals surface area contributed by atoms with Crippen LogP contribution in [0.15, 0.2) is 0 Å². The maximum Gasteiger partial charge on any atom is 2.00 e. The first-order chi connectivity index (χ1) is 10.4. The largest absolute Gasteiger partial charge is 2.00 e. The van der Waals surface area contributed by atoms with Gasteiger partial charge in [0.25, 0.3) is 0 Å². The van der Waals surface area contributed by atoms with Crippen molar-refractivity contribution in [2.75, 3.05) is 27.2 Å². The van der Waals surface area contributed by atoms with Gasteiger partial charge in [-0.05, 0) is 12.8 Å². The van der Waals surface area contributed by atoms with Crippen LogP contribution in [0.4, 0.5) is 0 Å². The summed E-state index contributed by atoms with van der Waals surface area (Å²) < 4.78 is 1.17. The first-order valence-electron chi connectivity index (χ1n) is 8.20. The van der Waals surface area contributed by atoms with E-state index in [1.807, 2.05) is 23.9 Å². The van der Waals surface area contributed by atoms with Gasteiger partial charge >= 0.3 is 27.3 Å². The molecule has 0 aromatic heterocycles. The minimum Gasteiger partial charge on any atom is -0.411 e. The zero-order valence-electron chi connectivity index (χ0n) is 15.3. The van der Waals surface area contributed by atoms with Gasteiger partial charge in [0, 0.05) is 27.2 Å². The van der Waals surface area contributed by atoms with Crippen molar-refractivity contribution in [3.05, 3.63) is 0 Å². The standard InChI is InChI=1S/2C8H17NS2.Cd/c2*1-3-4-5-6-7-9(2)8(10)11;/h2*3-7H2,1-2H3,(H,10,11);/q;;+2/p-2. The molecule has 0 aliphatic rings. The minimum atomic E-state index is 0. The second-order valence-electron chi connectivity index (χ2n) is 5.50. The average molecular weight is 493 g/mol. The minimum absolute atomic E-state index is 0. The Bertz CT molecular complexity index is 263. The summed E-state index contributed by atoms with van der Waals surface area (Å²) in [5.74, 6) is 0. The van der Waals surface area contributed by atoms with E-state index in [1.54, 1.807) is 0 Å². The summed E-state index contributed by atoms with van der Waals surface area (Å²) >= 11 is 19.3. The van der Waals surface area contributed by atoms with Crippen LogP contribution in [-0.2, 0) is 52.6 Å². The Morgan fingerprint density at radius 2 is 1.00 bits per heavy atom. The molecular formula is C16H32CdN2S4. The fourth-order valence-corrected chi connectivity index (χ4v) is 2.10. The summed E-state index contributed by atoms with van der Waals surface area (Å²) in [6.45, 7) is 6.45. The summed E-state index contributed by atoms with van der Waals surface area (Å²) in [4.78, 5) is 3.92. The van der Waals surface area contributed by atoms with Crippen molar-refractivity contribution >= 4 is 58.3 Å². The molecule has 0 spiro atoms. The van der Waals surface area contributed by atoms with Crippen LogP contribution < -0.4 is 0 Å². The molecule has 0 aromatic carbocycles. The van der Waals surface area contributed by atoms with Gasteiger partial charge in [0.15, 0.2) is 0 Å². The zero-order valence-corrected chi connectivity index (χ0v) is 22.6. The first-order valence-corrected chi connectivity index (χ1v) is 9.84. The third-order valence-corrected chi connectivity index (χ3v) is 4.56. The van der Waals surface area contributed by atoms with Crippen molar-refractivity contribution in [3.63, 3.8) is 0 Å². The Morgan fingerprint density at radius 3 is 1.22 bits per heavy atom. The second-order valence-corrected chi connectivity index (χ2v) is 7.56. The van der Waals surface area contributed by atoms with Crippen molar-refractivity contribution in [3.8, 4) is 0 Å². The van der Waals surface area contributed by atoms with Crippen molar-refractivity contribution in [1.82, 2.24) is 9.80 Å². The van der Waals surface area contributed by atoms with Gasteiger partial charge in [-0.2, -0.15) is 0 Å². The SMILES string of the molecule is CCCCCCN(C)C(=S)[S-].CCCCCCN(C)C(=S)[S-].[Cd+2]. The number of rotatable bonds is 10. The van der Waals surface area contributed by atoms with Crippen LogP contribution in [0.25, 0.3) is 0 Å². The van der Waals surface area contributed by atoms with Gasteiger partial charge in [-0.3, -0.25) is 0 Å². The maximum atomic E-state index is 4.84. The summed E-state index contributed by atoms with van der Waals surface area (Å²) in [5.41, 5.74) is 0. The number of nitrogens with zero attached hydrogens (tertiary/aromatic N) is 2. The molecule has 0 saturated heterocycles. The molecule has 2 nitrogen and oxygen atoms in total. The molecule has 0 N–H and O–H groups in total. The molecule has 7 heteroatoms. The van der Waals surface area contributed by atoms with Crippen LogP contribution in [-0.4, -0.2) is 45.6 Å². The molecule has 0 rings (SSSR count). The van der Waals surface area contributed by atoms with Gasteiger partial charge in [0.2, 0.25) is 0 Å². The van der Waals surface area contributed by atoms with Crippen LogP contribution in [0.3, 0.4) is 0 Å². The molecule has 0 bridgehead atoms. The van der Waals surface area contributed by atoms with Crippen LogP contribution in [0.1, 0.15) is 65.2 Å². The Hall–Kier alpha value is 1.14. The third-order valence-electron chi connectivity index (χ3n) is 3.32. The quantitative estimate of drug-likeness (QED) is 0.188. The predicted octanol–water partition coefficient (Wildman–Crippen LogP) is 4.66. The summed E-state index contributed by atoms with van der Waals surface area (Å²) in [6, 6.07) is 0. The number of unbranched alkanes of at least 4 members (excludes halogenated alkanes) is 6. The molecule has 0 aromatic rings. The molecule has 0 fully saturated rings. The van der Waals surface area contributed by atoms with Gasteiger partial charge < -0.3 is 59.5 Å². The van der Waals surface area contributed by atoms with Crippen molar-refractivity contribution in [1.29, 1.82) is 0 Å². The number of hydrogen-bond acceptors (Lipinski definition) is 4. The molecule has 0 radical (unpaired) electrons. The smallest absolute Gasteiger partial charge is 0.411 e. The Labute approximate surface area is 186 Å². The average Bonchev–Trinajstić information content (AvgIpc) is 2.48. The fraction of sp³-hybridized carbons (Fsp3) is 0.875. The molecule has 0 heterocycles. The van der Waals surface area contributed by atoms with Crippen molar-refractivity contribution in [2.24, 2.45) is 0 Å². The van der Waals surface area contributed by atoms with Crippen LogP contribution in [0, 0.1) is 0 Å². The van der Waals surface area contributed by atoms with Gasteiger partial charge in [0.1, 0.15) is 0 Å². The van der Waals surface area contributed by atoms with Crippen molar-refractivity contribution < 1.29 is 27.3 Å². The van der Waals surface area contributed by atoms with Gasteiger partial charge in [-0.25, -0.2) is 0 Å². The van der Waals surface area contributed by atoms with E-state index in [2.05, 4.69) is 13.8 Å². The summed E-state index contributed by atoms with van der Waals surface area (Å²) in [6.07, 6.45) is 10.2. The number of hydrogen-bond donors (Lipinski definition) is 0. The molecule has 0 saturated carbocycles. The molecule has 0 amide bonds. The molecular weight excluding hydrogens is 461 g/mol. The third kappa shape index (κ3) is 23.1. The first kappa shape index (κ1) is 28.9. The van der Waals surface area contributed by atoms with Gasteiger partial charge in [-0.1, -0.05) is 61.0 Å². The normalized spacial score (nSPS) is 9.22. The summed E-state index contributed by atoms with van der Waals surface area (Å²) in [5, 5.41) is 0. The van der Waals surface area contributed by atoms with Crippen LogP contribution >= 0.6 is 24.4 Å². The molecule has 0 atom stereocenters. The second kappa shape index (κ2) is 21.2. The van der Waals surface area contributed by atoms with Gasteiger partial charge in [0.05, 0.1) is 0 Å². The Kier molecular flexibility index (Phi) is 26.6. The van der Waals surface area contributed by atoms with E-state index in [1.165, 1.54) is 51.4 Å². The molecule has 0 aliphatic heterocycles. The Morgan fingerprint density at radius 1 is 0.696 bits per heavy atom. The Balaban J connectivity index is -0.000000333. The topological polar surface area (TPSA) is 6.48 Å². The molecule has 23 heavy (non-hydrogen) atoms. The van der Waals surface area contributed by atoms with Crippen LogP contribution in [0.5, 0.6) is 0 Å². The van der Waals surface area contributed by atoms with E-state index in [9.17, 15) is 0 Å². The van der Waals surface area contributed by atoms with E-state index in [4.69, 9.17) is 49.7 Å². The van der Waals surface area contributed by atoms with E-state index < -0.39 is 0 Å². The zero-order chi connectivity index (χ0) is 17.4. The summed E-state index contributed by atoms with van der Waals surface area (Å²) in [7, 11) is 3.92. The van der Waals surface area contributed by atoms with Crippen molar-refractivity contribution in [2.45, 2.75) is 65.2 Å². The predicted molar refractivity (Wildman–Crippen MR) is 113 cm³/mol. The van der Waals surface area contributed by atoms with E-state index in [0.29, 0.717) is 8.64 Å².